The summed E-state index contributed by atoms with van der Waals surface area (Å²) >= 11 is 0. The topological polar surface area (TPSA) is 45.1 Å². The quantitative estimate of drug-likeness (QED) is 0.683. The van der Waals surface area contributed by atoms with Crippen molar-refractivity contribution in [2.45, 2.75) is 25.8 Å². The van der Waals surface area contributed by atoms with E-state index in [-0.39, 0.29) is 5.75 Å². The number of rotatable bonds is 1. The Balaban J connectivity index is 2.40. The van der Waals surface area contributed by atoms with Gasteiger partial charge in [-0.1, -0.05) is 6.92 Å². The van der Waals surface area contributed by atoms with Crippen molar-refractivity contribution < 1.29 is 5.11 Å². The van der Waals surface area contributed by atoms with Crippen LogP contribution in [0.15, 0.2) is 12.3 Å². The van der Waals surface area contributed by atoms with E-state index in [2.05, 4.69) is 17.2 Å². The maximum absolute atomic E-state index is 9.26. The van der Waals surface area contributed by atoms with Crippen LogP contribution in [0.4, 0.5) is 0 Å². The number of nitrogens with one attached hydrogen (secondary N) is 1. The SMILES string of the molecule is CCC1CNCc2cc(O)cnc21. The lowest BCUT2D eigenvalue weighted by molar-refractivity contribution is 0.462. The van der Waals surface area contributed by atoms with Gasteiger partial charge in [-0.3, -0.25) is 4.98 Å². The Morgan fingerprint density at radius 1 is 1.69 bits per heavy atom. The summed E-state index contributed by atoms with van der Waals surface area (Å²) in [6, 6.07) is 1.80. The number of aromatic hydroxyl groups is 1. The van der Waals surface area contributed by atoms with E-state index in [1.807, 2.05) is 0 Å². The Morgan fingerprint density at radius 2 is 2.54 bits per heavy atom. The van der Waals surface area contributed by atoms with Crippen molar-refractivity contribution in [2.75, 3.05) is 6.54 Å². The maximum atomic E-state index is 9.26. The lowest BCUT2D eigenvalue weighted by Gasteiger charge is -2.24. The average molecular weight is 178 g/mol. The van der Waals surface area contributed by atoms with Crippen molar-refractivity contribution in [3.8, 4) is 5.75 Å². The van der Waals surface area contributed by atoms with Crippen LogP contribution in [0.25, 0.3) is 0 Å². The Bertz CT molecular complexity index is 312. The second kappa shape index (κ2) is 3.34. The molecule has 0 radical (unpaired) electrons. The lowest BCUT2D eigenvalue weighted by atomic mass is 9.94. The minimum absolute atomic E-state index is 0.261. The van der Waals surface area contributed by atoms with E-state index in [0.29, 0.717) is 5.92 Å². The number of hydrogen-bond acceptors (Lipinski definition) is 3. The number of aromatic nitrogens is 1. The van der Waals surface area contributed by atoms with Crippen LogP contribution in [0, 0.1) is 0 Å². The fourth-order valence-electron chi connectivity index (χ4n) is 1.83. The molecule has 0 aromatic carbocycles. The fraction of sp³-hybridized carbons (Fsp3) is 0.500. The predicted octanol–water partition coefficient (Wildman–Crippen LogP) is 1.38. The minimum atomic E-state index is 0.261. The highest BCUT2D eigenvalue weighted by molar-refractivity contribution is 5.32. The van der Waals surface area contributed by atoms with Gasteiger partial charge in [0.25, 0.3) is 0 Å². The number of nitrogens with zero attached hydrogens (tertiary/aromatic N) is 1. The third-order valence-corrected chi connectivity index (χ3v) is 2.57. The monoisotopic (exact) mass is 178 g/mol. The number of hydrogen-bond donors (Lipinski definition) is 2. The maximum Gasteiger partial charge on any atom is 0.134 e. The summed E-state index contributed by atoms with van der Waals surface area (Å²) in [4.78, 5) is 4.28. The molecule has 1 atom stereocenters. The molecule has 3 nitrogen and oxygen atoms in total. The van der Waals surface area contributed by atoms with Gasteiger partial charge >= 0.3 is 0 Å². The summed E-state index contributed by atoms with van der Waals surface area (Å²) in [7, 11) is 0. The molecular weight excluding hydrogens is 164 g/mol. The molecule has 2 N–H and O–H groups in total. The third kappa shape index (κ3) is 1.52. The second-order valence-corrected chi connectivity index (χ2v) is 3.47. The Labute approximate surface area is 77.8 Å². The van der Waals surface area contributed by atoms with E-state index in [1.165, 1.54) is 6.20 Å². The van der Waals surface area contributed by atoms with Gasteiger partial charge < -0.3 is 10.4 Å². The molecule has 1 unspecified atom stereocenters. The normalized spacial score (nSPS) is 21.2. The molecular formula is C10H14N2O. The molecule has 0 spiro atoms. The second-order valence-electron chi connectivity index (χ2n) is 3.47. The largest absolute Gasteiger partial charge is 0.506 e. The standard InChI is InChI=1S/C10H14N2O/c1-2-7-4-11-5-8-3-9(13)6-12-10(7)8/h3,6-7,11,13H,2,4-5H2,1H3. The summed E-state index contributed by atoms with van der Waals surface area (Å²) in [5.74, 6) is 0.765. The van der Waals surface area contributed by atoms with Crippen molar-refractivity contribution in [3.63, 3.8) is 0 Å². The molecule has 2 rings (SSSR count). The molecule has 70 valence electrons. The van der Waals surface area contributed by atoms with Crippen molar-refractivity contribution >= 4 is 0 Å². The lowest BCUT2D eigenvalue weighted by Crippen LogP contribution is -2.28. The van der Waals surface area contributed by atoms with Crippen LogP contribution in [0.5, 0.6) is 5.75 Å². The fourth-order valence-corrected chi connectivity index (χ4v) is 1.83. The Morgan fingerprint density at radius 3 is 3.31 bits per heavy atom. The van der Waals surface area contributed by atoms with Crippen molar-refractivity contribution in [2.24, 2.45) is 0 Å². The molecule has 1 aliphatic heterocycles. The van der Waals surface area contributed by atoms with Crippen molar-refractivity contribution in [3.05, 3.63) is 23.5 Å². The van der Waals surface area contributed by atoms with Crippen LogP contribution in [-0.4, -0.2) is 16.6 Å². The first-order valence-electron chi connectivity index (χ1n) is 4.69. The van der Waals surface area contributed by atoms with Crippen molar-refractivity contribution in [1.82, 2.24) is 10.3 Å². The van der Waals surface area contributed by atoms with Crippen LogP contribution >= 0.6 is 0 Å². The number of fused-ring (bicyclic) bond motifs is 1. The number of pyridine rings is 1. The molecule has 0 saturated carbocycles. The molecule has 2 heterocycles. The predicted molar refractivity (Wildman–Crippen MR) is 50.6 cm³/mol. The van der Waals surface area contributed by atoms with Crippen LogP contribution in [0.1, 0.15) is 30.5 Å². The minimum Gasteiger partial charge on any atom is -0.506 e. The summed E-state index contributed by atoms with van der Waals surface area (Å²) < 4.78 is 0. The van der Waals surface area contributed by atoms with Gasteiger partial charge in [0.2, 0.25) is 0 Å². The van der Waals surface area contributed by atoms with Gasteiger partial charge in [0, 0.05) is 24.7 Å². The average Bonchev–Trinajstić information content (AvgIpc) is 2.16. The smallest absolute Gasteiger partial charge is 0.134 e. The Hall–Kier alpha value is -1.09. The van der Waals surface area contributed by atoms with Crippen molar-refractivity contribution in [1.29, 1.82) is 0 Å². The zero-order chi connectivity index (χ0) is 9.26. The highest BCUT2D eigenvalue weighted by atomic mass is 16.3. The van der Waals surface area contributed by atoms with E-state index in [4.69, 9.17) is 0 Å². The molecule has 1 aliphatic rings. The first-order chi connectivity index (χ1) is 6.31. The molecule has 3 heteroatoms. The summed E-state index contributed by atoms with van der Waals surface area (Å²) in [5, 5.41) is 12.6. The molecule has 0 aliphatic carbocycles. The van der Waals surface area contributed by atoms with E-state index < -0.39 is 0 Å². The van der Waals surface area contributed by atoms with Gasteiger partial charge in [0.1, 0.15) is 5.75 Å². The summed E-state index contributed by atoms with van der Waals surface area (Å²) in [6.07, 6.45) is 2.63. The Kier molecular flexibility index (Phi) is 2.19. The molecule has 0 saturated heterocycles. The van der Waals surface area contributed by atoms with Gasteiger partial charge in [0.05, 0.1) is 6.20 Å². The molecule has 0 bridgehead atoms. The third-order valence-electron chi connectivity index (χ3n) is 2.57. The van der Waals surface area contributed by atoms with Crippen LogP contribution in [0.3, 0.4) is 0 Å². The first kappa shape index (κ1) is 8.51. The van der Waals surface area contributed by atoms with Gasteiger partial charge in [-0.05, 0) is 18.1 Å². The molecule has 1 aromatic heterocycles. The van der Waals surface area contributed by atoms with Crippen LogP contribution < -0.4 is 5.32 Å². The van der Waals surface area contributed by atoms with Gasteiger partial charge in [0.15, 0.2) is 0 Å². The zero-order valence-electron chi connectivity index (χ0n) is 7.75. The van der Waals surface area contributed by atoms with Crippen LogP contribution in [-0.2, 0) is 6.54 Å². The van der Waals surface area contributed by atoms with Gasteiger partial charge in [-0.25, -0.2) is 0 Å². The highest BCUT2D eigenvalue weighted by Gasteiger charge is 2.19. The molecule has 1 aromatic rings. The summed E-state index contributed by atoms with van der Waals surface area (Å²) in [5.41, 5.74) is 2.29. The van der Waals surface area contributed by atoms with E-state index in [9.17, 15) is 5.11 Å². The highest BCUT2D eigenvalue weighted by Crippen LogP contribution is 2.26. The van der Waals surface area contributed by atoms with E-state index in [1.54, 1.807) is 6.07 Å². The molecule has 0 amide bonds. The zero-order valence-corrected chi connectivity index (χ0v) is 7.75. The molecule has 0 fully saturated rings. The van der Waals surface area contributed by atoms with Gasteiger partial charge in [-0.15, -0.1) is 0 Å². The summed E-state index contributed by atoms with van der Waals surface area (Å²) in [6.45, 7) is 3.99. The molecule has 13 heavy (non-hydrogen) atoms. The van der Waals surface area contributed by atoms with Crippen LogP contribution in [0.2, 0.25) is 0 Å². The van der Waals surface area contributed by atoms with Gasteiger partial charge in [-0.2, -0.15) is 0 Å². The van der Waals surface area contributed by atoms with E-state index >= 15 is 0 Å². The van der Waals surface area contributed by atoms with E-state index in [0.717, 1.165) is 30.8 Å². The first-order valence-corrected chi connectivity index (χ1v) is 4.69.